The van der Waals surface area contributed by atoms with Crippen LogP contribution in [0.4, 0.5) is 15.1 Å². The van der Waals surface area contributed by atoms with E-state index in [-0.39, 0.29) is 59.0 Å². The number of nitrogens with two attached hydrogens (primary N) is 1. The number of aromatic carboxylic acids is 1. The number of nitrogen functional groups attached to an aromatic ring is 1. The number of ketones is 1. The first kappa shape index (κ1) is 47.6. The lowest BCUT2D eigenvalue weighted by Crippen LogP contribution is -2.42. The minimum atomic E-state index is -3.97. The highest BCUT2D eigenvalue weighted by Crippen LogP contribution is 2.37. The maximum Gasteiger partial charge on any atom is 0.526 e. The van der Waals surface area contributed by atoms with Gasteiger partial charge in [0.2, 0.25) is 0 Å². The van der Waals surface area contributed by atoms with Gasteiger partial charge in [-0.15, -0.1) is 22.7 Å². The van der Waals surface area contributed by atoms with Crippen molar-refractivity contribution in [1.82, 2.24) is 28.0 Å². The highest BCUT2D eigenvalue weighted by Gasteiger charge is 2.40. The van der Waals surface area contributed by atoms with Gasteiger partial charge in [0.1, 0.15) is 18.4 Å². The fourth-order valence-corrected chi connectivity index (χ4v) is 8.01. The molecule has 2 aromatic heterocycles. The highest BCUT2D eigenvalue weighted by molar-refractivity contribution is 7.87. The summed E-state index contributed by atoms with van der Waals surface area (Å²) in [7, 11) is -4.07. The molecule has 2 unspecified atom stereocenters. The van der Waals surface area contributed by atoms with Crippen LogP contribution in [0.15, 0.2) is 59.3 Å². The summed E-state index contributed by atoms with van der Waals surface area (Å²) in [6.07, 6.45) is -0.789. The van der Waals surface area contributed by atoms with Gasteiger partial charge in [-0.2, -0.15) is 34.9 Å². The molecule has 0 bridgehead atoms. The molecule has 26 heteroatoms. The van der Waals surface area contributed by atoms with Crippen molar-refractivity contribution in [3.8, 4) is 5.75 Å². The lowest BCUT2D eigenvalue weighted by molar-refractivity contribution is -0.145. The summed E-state index contributed by atoms with van der Waals surface area (Å²) in [5.74, 6) is -3.20. The van der Waals surface area contributed by atoms with E-state index in [0.29, 0.717) is 5.56 Å². The van der Waals surface area contributed by atoms with Gasteiger partial charge in [0.15, 0.2) is 22.1 Å². The Morgan fingerprint density at radius 1 is 0.917 bits per heavy atom. The largest absolute Gasteiger partial charge is 0.535 e. The van der Waals surface area contributed by atoms with Crippen molar-refractivity contribution in [2.75, 3.05) is 45.8 Å². The van der Waals surface area contributed by atoms with E-state index in [4.69, 9.17) is 19.9 Å². The number of nitrogens with one attached hydrogen (secondary N) is 3. The predicted octanol–water partition coefficient (Wildman–Crippen LogP) is 2.20. The summed E-state index contributed by atoms with van der Waals surface area (Å²) < 4.78 is 70.7. The molecule has 5 rings (SSSR count). The van der Waals surface area contributed by atoms with Crippen LogP contribution in [0, 0.1) is 0 Å². The number of anilines is 2. The van der Waals surface area contributed by atoms with Gasteiger partial charge in [-0.05, 0) is 30.5 Å². The minimum absolute atomic E-state index is 0.0586. The van der Waals surface area contributed by atoms with E-state index >= 15 is 0 Å². The molecule has 4 aromatic rings. The number of carboxylic acid groups (broad SMARTS) is 1. The van der Waals surface area contributed by atoms with Gasteiger partial charge < -0.3 is 30.0 Å². The van der Waals surface area contributed by atoms with Crippen molar-refractivity contribution in [3.05, 3.63) is 87.4 Å². The van der Waals surface area contributed by atoms with Crippen LogP contribution in [-0.2, 0) is 52.5 Å². The zero-order valence-electron chi connectivity index (χ0n) is 32.8. The monoisotopic (exact) mass is 910 g/mol. The number of Topliss-reactive ketones (excluding diaryl/α,β-unsaturated/α-hetero) is 1. The first-order valence-corrected chi connectivity index (χ1v) is 22.3. The average molecular weight is 911 g/mol. The molecule has 7 N–H and O–H groups in total. The fraction of sp³-hybridized carbons (Fsp3) is 0.353. The second kappa shape index (κ2) is 21.0. The Labute approximate surface area is 354 Å². The summed E-state index contributed by atoms with van der Waals surface area (Å²) in [4.78, 5) is 56.7. The Hall–Kier alpha value is -5.06. The van der Waals surface area contributed by atoms with Crippen molar-refractivity contribution in [2.24, 2.45) is 0 Å². The van der Waals surface area contributed by atoms with Crippen molar-refractivity contribution < 1.29 is 60.3 Å². The molecule has 1 amide bonds. The number of nitrogens with zero attached hydrogens (tertiary/aromatic N) is 4. The number of hydrogen-bond donors (Lipinski definition) is 6. The van der Waals surface area contributed by atoms with Gasteiger partial charge in [0, 0.05) is 51.2 Å². The molecule has 3 atom stereocenters. The Balaban J connectivity index is 0.000000265. The number of aromatic nitrogens is 2. The molecule has 0 aliphatic carbocycles. The molecule has 2 aromatic carbocycles. The van der Waals surface area contributed by atoms with Crippen LogP contribution in [0.25, 0.3) is 0 Å². The second-order valence-corrected chi connectivity index (χ2v) is 18.6. The molecule has 3 heterocycles. The zero-order chi connectivity index (χ0) is 44.4. The van der Waals surface area contributed by atoms with Crippen LogP contribution in [0.3, 0.4) is 0 Å². The van der Waals surface area contributed by atoms with Crippen molar-refractivity contribution in [3.63, 3.8) is 0 Å². The average Bonchev–Trinajstić information content (AvgIpc) is 3.84. The third-order valence-electron chi connectivity index (χ3n) is 8.33. The Morgan fingerprint density at radius 3 is 2.12 bits per heavy atom. The predicted molar refractivity (Wildman–Crippen MR) is 222 cm³/mol. The summed E-state index contributed by atoms with van der Waals surface area (Å²) in [6.45, 7) is 1.76. The van der Waals surface area contributed by atoms with E-state index in [9.17, 15) is 46.1 Å². The van der Waals surface area contributed by atoms with Crippen LogP contribution in [0.2, 0.25) is 5.82 Å². The standard InChI is InChI=1S/C17H21BN4O7S2.C17H22N4O6S2/c1-22(2)31(27,28)21-14(12-8-30-17(19)20-12)13(23)7-10-6-9-4-3-5-11(16(24)25)15(9)29-18(10)26;1-4-26-15(22)14(20-29(24,25)21(2)3)13-11-28-16(18-13)19-17(23)27-10-12-8-6-5-7-9-12/h3-5,8,10,14,21,26H,6-7H2,1-2H3,(H2,19,20)(H,24,25);5-9,11,14,20H,4,10H2,1-3H3,(H,18,19,23)/t10-,14?;/m1./s1. The summed E-state index contributed by atoms with van der Waals surface area (Å²) in [5, 5.41) is 25.4. The highest BCUT2D eigenvalue weighted by atomic mass is 32.2. The first-order valence-electron chi connectivity index (χ1n) is 17.6. The second-order valence-electron chi connectivity index (χ2n) is 13.0. The van der Waals surface area contributed by atoms with Crippen molar-refractivity contribution in [1.29, 1.82) is 0 Å². The molecule has 324 valence electrons. The molecule has 0 saturated carbocycles. The molecule has 0 spiro atoms. The van der Waals surface area contributed by atoms with Crippen molar-refractivity contribution >= 4 is 84.3 Å². The summed E-state index contributed by atoms with van der Waals surface area (Å²) in [6, 6.07) is 11.0. The molecule has 1 aliphatic heterocycles. The van der Waals surface area contributed by atoms with Gasteiger partial charge in [-0.25, -0.2) is 24.4 Å². The number of esters is 1. The lowest BCUT2D eigenvalue weighted by Gasteiger charge is -2.29. The molecular formula is C34H43BN8O13S4. The molecule has 0 fully saturated rings. The van der Waals surface area contributed by atoms with E-state index in [1.54, 1.807) is 19.1 Å². The van der Waals surface area contributed by atoms with Crippen LogP contribution in [0.5, 0.6) is 5.75 Å². The van der Waals surface area contributed by atoms with Crippen LogP contribution in [0.1, 0.15) is 58.3 Å². The van der Waals surface area contributed by atoms with Gasteiger partial charge in [-0.1, -0.05) is 42.5 Å². The van der Waals surface area contributed by atoms with Crippen LogP contribution >= 0.6 is 22.7 Å². The smallest absolute Gasteiger partial charge is 0.526 e. The SMILES string of the molecule is CCOC(=O)C(NS(=O)(=O)N(C)C)c1csc(NC(=O)OCc2ccccc2)n1.CN(C)S(=O)(=O)NC(C(=O)C[C@H]1Cc2cccc(C(=O)O)c2OB1O)c1csc(N)n1. The zero-order valence-corrected chi connectivity index (χ0v) is 36.1. The maximum atomic E-state index is 13.1. The number of carbonyl (C=O) groups is 4. The number of para-hydroxylation sites is 1. The maximum absolute atomic E-state index is 13.1. The Morgan fingerprint density at radius 2 is 1.53 bits per heavy atom. The number of fused-ring (bicyclic) bond motifs is 1. The number of benzene rings is 2. The third kappa shape index (κ3) is 13.0. The van der Waals surface area contributed by atoms with E-state index < -0.39 is 69.3 Å². The quantitative estimate of drug-likeness (QED) is 0.0654. The van der Waals surface area contributed by atoms with Crippen molar-refractivity contribution in [2.45, 2.75) is 44.3 Å². The van der Waals surface area contributed by atoms with E-state index in [2.05, 4.69) is 24.7 Å². The van der Waals surface area contributed by atoms with Crippen LogP contribution < -0.4 is 25.1 Å². The topological polar surface area (TPSA) is 299 Å². The van der Waals surface area contributed by atoms with E-state index in [1.807, 2.05) is 30.3 Å². The first-order chi connectivity index (χ1) is 28.2. The number of carbonyl (C=O) groups excluding carboxylic acids is 3. The summed E-state index contributed by atoms with van der Waals surface area (Å²) in [5.41, 5.74) is 7.15. The fourth-order valence-electron chi connectivity index (χ4n) is 5.21. The molecule has 21 nitrogen and oxygen atoms in total. The number of ether oxygens (including phenoxy) is 2. The van der Waals surface area contributed by atoms with Crippen LogP contribution in [-0.4, -0.2) is 111 Å². The number of thiazole rings is 2. The molecule has 60 heavy (non-hydrogen) atoms. The van der Waals surface area contributed by atoms with E-state index in [0.717, 1.165) is 36.8 Å². The van der Waals surface area contributed by atoms with Gasteiger partial charge in [0.05, 0.1) is 23.6 Å². The molecule has 0 radical (unpaired) electrons. The van der Waals surface area contributed by atoms with Gasteiger partial charge in [0.25, 0.3) is 20.4 Å². The molecule has 1 aliphatic rings. The van der Waals surface area contributed by atoms with Gasteiger partial charge >= 0.3 is 25.2 Å². The number of carboxylic acids is 1. The third-order valence-corrected chi connectivity index (χ3v) is 12.8. The number of hydrogen-bond acceptors (Lipinski definition) is 17. The minimum Gasteiger partial charge on any atom is -0.535 e. The summed E-state index contributed by atoms with van der Waals surface area (Å²) >= 11 is 2.08. The van der Waals surface area contributed by atoms with Gasteiger partial charge in [-0.3, -0.25) is 10.1 Å². The molecular weight excluding hydrogens is 867 g/mol. The number of amides is 1. The number of rotatable bonds is 17. The van der Waals surface area contributed by atoms with E-state index in [1.165, 1.54) is 45.0 Å². The molecule has 0 saturated heterocycles. The Bertz CT molecular complexity index is 2360. The Kier molecular flexibility index (Phi) is 16.6. The lowest BCUT2D eigenvalue weighted by atomic mass is 9.64. The normalized spacial score (nSPS) is 14.9.